The fourth-order valence-electron chi connectivity index (χ4n) is 4.45. The van der Waals surface area contributed by atoms with Crippen LogP contribution in [-0.4, -0.2) is 73.0 Å². The molecule has 2 saturated heterocycles. The Bertz CT molecular complexity index is 1060. The van der Waals surface area contributed by atoms with E-state index in [1.165, 1.54) is 4.90 Å². The highest BCUT2D eigenvalue weighted by atomic mass is 32.2. The molecule has 3 amide bonds. The number of piperazine rings is 1. The molecular formula is C21H23F2N3O5S. The van der Waals surface area contributed by atoms with Gasteiger partial charge in [0.2, 0.25) is 27.7 Å². The highest BCUT2D eigenvalue weighted by molar-refractivity contribution is 7.89. The third kappa shape index (κ3) is 4.06. The summed E-state index contributed by atoms with van der Waals surface area (Å²) in [5.74, 6) is -3.39. The van der Waals surface area contributed by atoms with Gasteiger partial charge in [-0.25, -0.2) is 17.2 Å². The van der Waals surface area contributed by atoms with Crippen LogP contribution in [0.5, 0.6) is 0 Å². The summed E-state index contributed by atoms with van der Waals surface area (Å²) in [6, 6.07) is 2.24. The van der Waals surface area contributed by atoms with Crippen LogP contribution < -0.4 is 0 Å². The van der Waals surface area contributed by atoms with Crippen molar-refractivity contribution in [3.8, 4) is 0 Å². The Kier molecular flexibility index (Phi) is 6.13. The summed E-state index contributed by atoms with van der Waals surface area (Å²) in [7, 11) is -4.24. The number of hydrogen-bond acceptors (Lipinski definition) is 5. The molecule has 0 aromatic heterocycles. The zero-order valence-corrected chi connectivity index (χ0v) is 18.1. The maximum absolute atomic E-state index is 13.9. The molecule has 2 aliphatic heterocycles. The van der Waals surface area contributed by atoms with Crippen LogP contribution in [0.25, 0.3) is 0 Å². The van der Waals surface area contributed by atoms with Gasteiger partial charge in [0.1, 0.15) is 16.5 Å². The first-order chi connectivity index (χ1) is 15.2. The Labute approximate surface area is 184 Å². The van der Waals surface area contributed by atoms with E-state index in [-0.39, 0.29) is 68.7 Å². The van der Waals surface area contributed by atoms with E-state index in [9.17, 15) is 31.6 Å². The predicted octanol–water partition coefficient (Wildman–Crippen LogP) is 1.14. The number of likely N-dealkylation sites (tertiary alicyclic amines) is 1. The standard InChI is InChI=1S/C21H23F2N3O5S/c22-14-5-6-17(23)18(13-14)32(30,31)25-11-9-24(10-12-25)19(27)7-8-26-20(28)15-3-1-2-4-16(15)21(26)29/h1-2,5-6,13,15-16H,3-4,7-12H2/t15-,16+. The van der Waals surface area contributed by atoms with Crippen molar-refractivity contribution in [2.75, 3.05) is 32.7 Å². The lowest BCUT2D eigenvalue weighted by molar-refractivity contribution is -0.141. The number of amides is 3. The molecule has 11 heteroatoms. The van der Waals surface area contributed by atoms with Crippen molar-refractivity contribution < 1.29 is 31.6 Å². The number of nitrogens with zero attached hydrogens (tertiary/aromatic N) is 3. The molecule has 0 unspecified atom stereocenters. The van der Waals surface area contributed by atoms with Gasteiger partial charge in [0.05, 0.1) is 11.8 Å². The zero-order chi connectivity index (χ0) is 23.0. The number of carbonyl (C=O) groups is 3. The van der Waals surface area contributed by atoms with Crippen molar-refractivity contribution in [2.24, 2.45) is 11.8 Å². The summed E-state index contributed by atoms with van der Waals surface area (Å²) < 4.78 is 53.7. The van der Waals surface area contributed by atoms with E-state index < -0.39 is 26.6 Å². The van der Waals surface area contributed by atoms with E-state index in [0.29, 0.717) is 18.9 Å². The molecule has 2 fully saturated rings. The third-order valence-corrected chi connectivity index (χ3v) is 8.16. The smallest absolute Gasteiger partial charge is 0.246 e. The van der Waals surface area contributed by atoms with Gasteiger partial charge in [0.15, 0.2) is 0 Å². The van der Waals surface area contributed by atoms with Gasteiger partial charge in [-0.3, -0.25) is 19.3 Å². The average molecular weight is 467 g/mol. The highest BCUT2D eigenvalue weighted by Gasteiger charge is 2.47. The van der Waals surface area contributed by atoms with Crippen molar-refractivity contribution >= 4 is 27.7 Å². The predicted molar refractivity (Wildman–Crippen MR) is 108 cm³/mol. The number of sulfonamides is 1. The van der Waals surface area contributed by atoms with Crippen LogP contribution in [-0.2, 0) is 24.4 Å². The third-order valence-electron chi connectivity index (χ3n) is 6.25. The second-order valence-corrected chi connectivity index (χ2v) is 10.00. The van der Waals surface area contributed by atoms with Crippen molar-refractivity contribution in [3.05, 3.63) is 42.0 Å². The van der Waals surface area contributed by atoms with Gasteiger partial charge in [0.25, 0.3) is 0 Å². The van der Waals surface area contributed by atoms with Crippen molar-refractivity contribution in [1.82, 2.24) is 14.1 Å². The fourth-order valence-corrected chi connectivity index (χ4v) is 5.94. The van der Waals surface area contributed by atoms with Gasteiger partial charge in [-0.1, -0.05) is 12.2 Å². The lowest BCUT2D eigenvalue weighted by Crippen LogP contribution is -2.51. The molecule has 0 N–H and O–H groups in total. The number of rotatable bonds is 5. The van der Waals surface area contributed by atoms with Crippen molar-refractivity contribution in [2.45, 2.75) is 24.2 Å². The Morgan fingerprint density at radius 1 is 0.969 bits per heavy atom. The van der Waals surface area contributed by atoms with E-state index in [1.807, 2.05) is 12.2 Å². The van der Waals surface area contributed by atoms with Gasteiger partial charge in [0, 0.05) is 39.1 Å². The minimum absolute atomic E-state index is 0.00346. The largest absolute Gasteiger partial charge is 0.340 e. The van der Waals surface area contributed by atoms with Crippen LogP contribution in [0, 0.1) is 23.5 Å². The summed E-state index contributed by atoms with van der Waals surface area (Å²) >= 11 is 0. The Morgan fingerprint density at radius 3 is 2.16 bits per heavy atom. The second kappa shape index (κ2) is 8.70. The van der Waals surface area contributed by atoms with Crippen LogP contribution in [0.4, 0.5) is 8.78 Å². The van der Waals surface area contributed by atoms with E-state index in [2.05, 4.69) is 0 Å². The first-order valence-electron chi connectivity index (χ1n) is 10.4. The van der Waals surface area contributed by atoms with Crippen molar-refractivity contribution in [3.63, 3.8) is 0 Å². The molecule has 0 radical (unpaired) electrons. The molecule has 32 heavy (non-hydrogen) atoms. The monoisotopic (exact) mass is 467 g/mol. The molecule has 4 rings (SSSR count). The average Bonchev–Trinajstić information content (AvgIpc) is 3.03. The van der Waals surface area contributed by atoms with Gasteiger partial charge >= 0.3 is 0 Å². The van der Waals surface area contributed by atoms with Crippen LogP contribution in [0.3, 0.4) is 0 Å². The minimum atomic E-state index is -4.24. The lowest BCUT2D eigenvalue weighted by Gasteiger charge is -2.34. The lowest BCUT2D eigenvalue weighted by atomic mass is 9.85. The molecule has 1 aromatic carbocycles. The SMILES string of the molecule is O=C(CCN1C(=O)[C@H]2CC=CC[C@H]2C1=O)N1CCN(S(=O)(=O)c2cc(F)ccc2F)CC1. The summed E-state index contributed by atoms with van der Waals surface area (Å²) in [6.07, 6.45) is 4.80. The molecule has 1 aromatic rings. The van der Waals surface area contributed by atoms with Crippen LogP contribution in [0.2, 0.25) is 0 Å². The number of carbonyl (C=O) groups excluding carboxylic acids is 3. The topological polar surface area (TPSA) is 95.1 Å². The summed E-state index contributed by atoms with van der Waals surface area (Å²) in [5.41, 5.74) is 0. The van der Waals surface area contributed by atoms with Gasteiger partial charge in [-0.05, 0) is 31.0 Å². The molecule has 3 aliphatic rings. The first-order valence-corrected chi connectivity index (χ1v) is 11.9. The molecular weight excluding hydrogens is 444 g/mol. The first kappa shape index (κ1) is 22.5. The molecule has 2 atom stereocenters. The number of benzene rings is 1. The van der Waals surface area contributed by atoms with E-state index >= 15 is 0 Å². The van der Waals surface area contributed by atoms with Crippen LogP contribution in [0.1, 0.15) is 19.3 Å². The van der Waals surface area contributed by atoms with Gasteiger partial charge in [-0.2, -0.15) is 4.31 Å². The Balaban J connectivity index is 1.33. The maximum atomic E-state index is 13.9. The summed E-state index contributed by atoms with van der Waals surface area (Å²) in [5, 5.41) is 0. The zero-order valence-electron chi connectivity index (χ0n) is 17.2. The number of hydrogen-bond donors (Lipinski definition) is 0. The van der Waals surface area contributed by atoms with Gasteiger partial charge in [-0.15, -0.1) is 0 Å². The second-order valence-electron chi connectivity index (χ2n) is 8.09. The highest BCUT2D eigenvalue weighted by Crippen LogP contribution is 2.35. The summed E-state index contributed by atoms with van der Waals surface area (Å²) in [6.45, 7) is 0.0114. The number of halogens is 2. The number of fused-ring (bicyclic) bond motifs is 1. The molecule has 2 heterocycles. The normalized spacial score (nSPS) is 24.2. The minimum Gasteiger partial charge on any atom is -0.340 e. The summed E-state index contributed by atoms with van der Waals surface area (Å²) in [4.78, 5) is 39.5. The molecule has 0 saturated carbocycles. The maximum Gasteiger partial charge on any atom is 0.246 e. The van der Waals surface area contributed by atoms with E-state index in [1.54, 1.807) is 0 Å². The Hall–Kier alpha value is -2.66. The molecule has 8 nitrogen and oxygen atoms in total. The quantitative estimate of drug-likeness (QED) is 0.478. The van der Waals surface area contributed by atoms with Crippen LogP contribution >= 0.6 is 0 Å². The fraction of sp³-hybridized carbons (Fsp3) is 0.476. The van der Waals surface area contributed by atoms with Crippen LogP contribution in [0.15, 0.2) is 35.2 Å². The molecule has 0 bridgehead atoms. The number of imide groups is 1. The Morgan fingerprint density at radius 2 is 1.56 bits per heavy atom. The van der Waals surface area contributed by atoms with Gasteiger partial charge < -0.3 is 4.90 Å². The molecule has 1 aliphatic carbocycles. The number of allylic oxidation sites excluding steroid dienone is 2. The van der Waals surface area contributed by atoms with E-state index in [4.69, 9.17) is 0 Å². The molecule has 0 spiro atoms. The molecule has 172 valence electrons. The van der Waals surface area contributed by atoms with Crippen molar-refractivity contribution in [1.29, 1.82) is 0 Å². The van der Waals surface area contributed by atoms with E-state index in [0.717, 1.165) is 21.3 Å².